The maximum atomic E-state index is 13.2. The minimum absolute atomic E-state index is 0.157. The molecule has 3 rings (SSSR count). The third-order valence-corrected chi connectivity index (χ3v) is 3.91. The molecule has 3 aromatic rings. The Labute approximate surface area is 132 Å². The second-order valence-corrected chi connectivity index (χ2v) is 5.41. The van der Waals surface area contributed by atoms with Crippen molar-refractivity contribution in [1.82, 2.24) is 14.5 Å². The summed E-state index contributed by atoms with van der Waals surface area (Å²) in [6.45, 7) is 5.98. The summed E-state index contributed by atoms with van der Waals surface area (Å²) in [5.41, 5.74) is 2.35. The highest BCUT2D eigenvalue weighted by Gasteiger charge is 2.21. The van der Waals surface area contributed by atoms with Crippen LogP contribution >= 0.6 is 11.6 Å². The molecule has 0 aliphatic carbocycles. The van der Waals surface area contributed by atoms with Gasteiger partial charge in [0.2, 0.25) is 0 Å². The summed E-state index contributed by atoms with van der Waals surface area (Å²) in [5, 5.41) is 10.5. The molecule has 113 valence electrons. The number of rotatable bonds is 3. The third-order valence-electron chi connectivity index (χ3n) is 3.62. The molecule has 0 unspecified atom stereocenters. The fourth-order valence-electron chi connectivity index (χ4n) is 2.45. The Hall–Kier alpha value is -2.14. The number of hydrogen-bond acceptors (Lipinski definition) is 3. The molecule has 0 aliphatic rings. The number of nitrogens with zero attached hydrogens (tertiary/aromatic N) is 3. The summed E-state index contributed by atoms with van der Waals surface area (Å²) >= 11 is 6.31. The van der Waals surface area contributed by atoms with Crippen molar-refractivity contribution in [2.24, 2.45) is 0 Å². The van der Waals surface area contributed by atoms with Crippen LogP contribution in [0.4, 0.5) is 4.39 Å². The van der Waals surface area contributed by atoms with Crippen molar-refractivity contribution in [2.45, 2.75) is 19.4 Å². The minimum atomic E-state index is -0.329. The fraction of sp³-hybridized carbons (Fsp3) is 0.188. The molecule has 0 fully saturated rings. The lowest BCUT2D eigenvalue weighted by atomic mass is 10.1. The van der Waals surface area contributed by atoms with E-state index in [9.17, 15) is 9.50 Å². The summed E-state index contributed by atoms with van der Waals surface area (Å²) in [6.07, 6.45) is 2.18. The number of aromatic nitrogens is 3. The number of aromatic hydroxyl groups is 1. The van der Waals surface area contributed by atoms with E-state index in [0.29, 0.717) is 28.2 Å². The van der Waals surface area contributed by atoms with Gasteiger partial charge in [-0.3, -0.25) is 4.57 Å². The van der Waals surface area contributed by atoms with Crippen molar-refractivity contribution < 1.29 is 9.50 Å². The Bertz CT molecular complexity index is 830. The largest absolute Gasteiger partial charge is 0.480 e. The molecule has 0 saturated heterocycles. The standard InChI is InChI=1S/C16H14ClFN3O/c1-3-9(2)21-14-13(10-4-6-11(18)7-5-10)12(17)8-19-15(14)20-16(21)22/h4-9H,2-3H2,1H3,(H,19,20,22)/t9-/m0/s1. The van der Waals surface area contributed by atoms with E-state index in [1.807, 2.05) is 6.92 Å². The van der Waals surface area contributed by atoms with Gasteiger partial charge in [-0.15, -0.1) is 0 Å². The molecular formula is C16H14ClFN3O. The maximum Gasteiger partial charge on any atom is 0.296 e. The summed E-state index contributed by atoms with van der Waals surface area (Å²) in [6, 6.07) is 5.61. The van der Waals surface area contributed by atoms with Gasteiger partial charge in [0.15, 0.2) is 5.65 Å². The summed E-state index contributed by atoms with van der Waals surface area (Å²) < 4.78 is 14.8. The van der Waals surface area contributed by atoms with Gasteiger partial charge < -0.3 is 5.11 Å². The Morgan fingerprint density at radius 3 is 2.68 bits per heavy atom. The highest BCUT2D eigenvalue weighted by molar-refractivity contribution is 6.34. The van der Waals surface area contributed by atoms with Crippen molar-refractivity contribution >= 4 is 22.8 Å². The summed E-state index contributed by atoms with van der Waals surface area (Å²) in [7, 11) is 0. The Morgan fingerprint density at radius 1 is 1.36 bits per heavy atom. The lowest BCUT2D eigenvalue weighted by molar-refractivity contribution is 0.387. The monoisotopic (exact) mass is 318 g/mol. The Balaban J connectivity index is 2.37. The van der Waals surface area contributed by atoms with Crippen LogP contribution in [0.2, 0.25) is 5.02 Å². The van der Waals surface area contributed by atoms with E-state index in [1.54, 1.807) is 16.7 Å². The molecule has 1 aromatic carbocycles. The zero-order valence-corrected chi connectivity index (χ0v) is 12.7. The highest BCUT2D eigenvalue weighted by atomic mass is 35.5. The molecule has 0 aliphatic heterocycles. The van der Waals surface area contributed by atoms with Gasteiger partial charge in [0.25, 0.3) is 6.01 Å². The Kier molecular flexibility index (Phi) is 3.74. The molecule has 0 spiro atoms. The first-order valence-electron chi connectivity index (χ1n) is 6.87. The van der Waals surface area contributed by atoms with Gasteiger partial charge >= 0.3 is 0 Å². The van der Waals surface area contributed by atoms with E-state index in [2.05, 4.69) is 16.9 Å². The van der Waals surface area contributed by atoms with Crippen LogP contribution in [-0.2, 0) is 0 Å². The van der Waals surface area contributed by atoms with Gasteiger partial charge in [0, 0.05) is 17.8 Å². The van der Waals surface area contributed by atoms with Crippen LogP contribution in [0, 0.1) is 12.7 Å². The van der Waals surface area contributed by atoms with Crippen LogP contribution in [0.25, 0.3) is 22.3 Å². The number of hydrogen-bond donors (Lipinski definition) is 1. The predicted octanol–water partition coefficient (Wildman–Crippen LogP) is 4.38. The van der Waals surface area contributed by atoms with Gasteiger partial charge in [-0.2, -0.15) is 4.98 Å². The van der Waals surface area contributed by atoms with E-state index >= 15 is 0 Å². The van der Waals surface area contributed by atoms with Gasteiger partial charge in [-0.25, -0.2) is 9.37 Å². The lowest BCUT2D eigenvalue weighted by Crippen LogP contribution is -2.04. The lowest BCUT2D eigenvalue weighted by Gasteiger charge is -2.15. The quantitative estimate of drug-likeness (QED) is 0.779. The zero-order chi connectivity index (χ0) is 15.9. The van der Waals surface area contributed by atoms with Gasteiger partial charge in [0.1, 0.15) is 11.3 Å². The van der Waals surface area contributed by atoms with E-state index in [0.717, 1.165) is 5.56 Å². The van der Waals surface area contributed by atoms with Crippen molar-refractivity contribution in [3.63, 3.8) is 0 Å². The first kappa shape index (κ1) is 14.8. The topological polar surface area (TPSA) is 50.9 Å². The van der Waals surface area contributed by atoms with E-state index in [-0.39, 0.29) is 17.9 Å². The van der Waals surface area contributed by atoms with Crippen molar-refractivity contribution in [3.05, 3.63) is 48.2 Å². The molecule has 1 atom stereocenters. The average molecular weight is 319 g/mol. The molecule has 2 aromatic heterocycles. The zero-order valence-electron chi connectivity index (χ0n) is 11.9. The van der Waals surface area contributed by atoms with Crippen LogP contribution in [0.15, 0.2) is 30.5 Å². The molecule has 6 heteroatoms. The van der Waals surface area contributed by atoms with E-state index in [1.165, 1.54) is 18.3 Å². The van der Waals surface area contributed by atoms with Crippen molar-refractivity contribution in [2.75, 3.05) is 0 Å². The number of fused-ring (bicyclic) bond motifs is 1. The second-order valence-electron chi connectivity index (χ2n) is 5.00. The van der Waals surface area contributed by atoms with Crippen LogP contribution in [0.5, 0.6) is 6.01 Å². The third kappa shape index (κ3) is 2.31. The van der Waals surface area contributed by atoms with Crippen LogP contribution < -0.4 is 0 Å². The second kappa shape index (κ2) is 5.57. The number of halogens is 2. The summed E-state index contributed by atoms with van der Waals surface area (Å²) in [5.74, 6) is -0.329. The molecule has 0 amide bonds. The van der Waals surface area contributed by atoms with Gasteiger partial charge in [0.05, 0.1) is 5.02 Å². The van der Waals surface area contributed by atoms with Gasteiger partial charge in [-0.1, -0.05) is 30.7 Å². The number of benzene rings is 1. The SMILES string of the molecule is [CH2][C@@H](CC)n1c(O)nc2ncc(Cl)c(-c3ccc(F)cc3)c21. The van der Waals surface area contributed by atoms with E-state index in [4.69, 9.17) is 11.6 Å². The first-order chi connectivity index (χ1) is 10.5. The van der Waals surface area contributed by atoms with Crippen LogP contribution in [-0.4, -0.2) is 19.6 Å². The average Bonchev–Trinajstić information content (AvgIpc) is 2.84. The molecule has 1 N–H and O–H groups in total. The molecule has 4 nitrogen and oxygen atoms in total. The van der Waals surface area contributed by atoms with Crippen LogP contribution in [0.1, 0.15) is 19.4 Å². The van der Waals surface area contributed by atoms with Crippen molar-refractivity contribution in [3.8, 4) is 17.1 Å². The Morgan fingerprint density at radius 2 is 2.05 bits per heavy atom. The maximum absolute atomic E-state index is 13.2. The van der Waals surface area contributed by atoms with Crippen LogP contribution in [0.3, 0.4) is 0 Å². The van der Waals surface area contributed by atoms with E-state index < -0.39 is 0 Å². The molecule has 22 heavy (non-hydrogen) atoms. The van der Waals surface area contributed by atoms with Gasteiger partial charge in [-0.05, 0) is 31.0 Å². The van der Waals surface area contributed by atoms with Crippen molar-refractivity contribution in [1.29, 1.82) is 0 Å². The fourth-order valence-corrected chi connectivity index (χ4v) is 2.69. The number of imidazole rings is 1. The highest BCUT2D eigenvalue weighted by Crippen LogP contribution is 2.37. The minimum Gasteiger partial charge on any atom is -0.480 e. The number of pyridine rings is 1. The first-order valence-corrected chi connectivity index (χ1v) is 7.25. The molecule has 1 radical (unpaired) electrons. The molecular weight excluding hydrogens is 305 g/mol. The molecule has 2 heterocycles. The molecule has 0 bridgehead atoms. The normalized spacial score (nSPS) is 12.7. The summed E-state index contributed by atoms with van der Waals surface area (Å²) in [4.78, 5) is 8.22. The smallest absolute Gasteiger partial charge is 0.296 e. The molecule has 0 saturated carbocycles. The predicted molar refractivity (Wildman–Crippen MR) is 84.3 cm³/mol.